The van der Waals surface area contributed by atoms with Gasteiger partial charge in [-0.3, -0.25) is 4.79 Å². The van der Waals surface area contributed by atoms with Gasteiger partial charge >= 0.3 is 5.97 Å². The molecule has 1 aliphatic heterocycles. The van der Waals surface area contributed by atoms with Crippen molar-refractivity contribution in [2.75, 3.05) is 6.61 Å². The van der Waals surface area contributed by atoms with Gasteiger partial charge in [-0.25, -0.2) is 4.79 Å². The largest absolute Gasteiger partial charge is 0.458 e. The van der Waals surface area contributed by atoms with Crippen LogP contribution >= 0.6 is 0 Å². The summed E-state index contributed by atoms with van der Waals surface area (Å²) in [4.78, 5) is 22.9. The van der Waals surface area contributed by atoms with Gasteiger partial charge in [0.15, 0.2) is 0 Å². The van der Waals surface area contributed by atoms with E-state index in [0.29, 0.717) is 23.9 Å². The Bertz CT molecular complexity index is 569. The first kappa shape index (κ1) is 16.5. The second kappa shape index (κ2) is 5.92. The molecule has 0 amide bonds. The van der Waals surface area contributed by atoms with Crippen molar-refractivity contribution in [3.63, 3.8) is 0 Å². The number of allylic oxidation sites excluding steroid dienone is 2. The lowest BCUT2D eigenvalue weighted by molar-refractivity contribution is -0.134. The summed E-state index contributed by atoms with van der Waals surface area (Å²) in [6.45, 7) is 7.59. The minimum Gasteiger partial charge on any atom is -0.458 e. The van der Waals surface area contributed by atoms with E-state index in [-0.39, 0.29) is 11.4 Å². The van der Waals surface area contributed by atoms with Gasteiger partial charge in [0.05, 0.1) is 0 Å². The lowest BCUT2D eigenvalue weighted by Crippen LogP contribution is -2.48. The molecular weight excluding hydrogens is 288 g/mol. The molecule has 0 bridgehead atoms. The molecule has 3 heteroatoms. The van der Waals surface area contributed by atoms with Crippen LogP contribution in [-0.2, 0) is 14.3 Å². The second-order valence-corrected chi connectivity index (χ2v) is 8.46. The maximum absolute atomic E-state index is 11.6. The number of esters is 1. The lowest BCUT2D eigenvalue weighted by Gasteiger charge is -2.56. The van der Waals surface area contributed by atoms with Crippen LogP contribution in [0.15, 0.2) is 23.3 Å². The van der Waals surface area contributed by atoms with Crippen LogP contribution in [0.2, 0.25) is 0 Å². The Labute approximate surface area is 139 Å². The summed E-state index contributed by atoms with van der Waals surface area (Å²) in [5, 5.41) is 0. The standard InChI is InChI=1S/C20H28O3/c1-19(2)9-4-10-20(3)16(15(12-21)6-8-17(19)20)7-5-14-11-18(22)23-13-14/h6,11-12,16-17H,4-5,7-10,13H2,1-3H3/t16-,17-,20+/m0/s1. The van der Waals surface area contributed by atoms with Gasteiger partial charge in [0.1, 0.15) is 12.9 Å². The van der Waals surface area contributed by atoms with Gasteiger partial charge in [-0.15, -0.1) is 0 Å². The molecule has 3 rings (SSSR count). The Morgan fingerprint density at radius 3 is 2.74 bits per heavy atom. The van der Waals surface area contributed by atoms with Crippen LogP contribution in [0.25, 0.3) is 0 Å². The Balaban J connectivity index is 1.84. The average Bonchev–Trinajstić information content (AvgIpc) is 2.89. The fourth-order valence-electron chi connectivity index (χ4n) is 5.46. The third kappa shape index (κ3) is 2.90. The van der Waals surface area contributed by atoms with Crippen LogP contribution in [0.3, 0.4) is 0 Å². The topological polar surface area (TPSA) is 43.4 Å². The Morgan fingerprint density at radius 2 is 2.09 bits per heavy atom. The van der Waals surface area contributed by atoms with Crippen molar-refractivity contribution in [3.8, 4) is 0 Å². The summed E-state index contributed by atoms with van der Waals surface area (Å²) >= 11 is 0. The predicted octanol–water partition coefficient (Wildman–Crippen LogP) is 4.23. The SMILES string of the molecule is CC1(C)CCC[C@]2(C)[C@@H](CCC3=CC(=O)OC3)C(C=O)=CC[C@@H]12. The van der Waals surface area contributed by atoms with Crippen LogP contribution in [-0.4, -0.2) is 18.9 Å². The van der Waals surface area contributed by atoms with E-state index < -0.39 is 0 Å². The second-order valence-electron chi connectivity index (χ2n) is 8.46. The molecule has 126 valence electrons. The smallest absolute Gasteiger partial charge is 0.331 e. The summed E-state index contributed by atoms with van der Waals surface area (Å²) in [7, 11) is 0. The van der Waals surface area contributed by atoms with Crippen molar-refractivity contribution in [1.29, 1.82) is 0 Å². The molecule has 3 aliphatic rings. The molecule has 0 N–H and O–H groups in total. The van der Waals surface area contributed by atoms with Gasteiger partial charge < -0.3 is 4.74 Å². The van der Waals surface area contributed by atoms with E-state index in [0.717, 1.165) is 36.7 Å². The van der Waals surface area contributed by atoms with Gasteiger partial charge in [0.2, 0.25) is 0 Å². The fraction of sp³-hybridized carbons (Fsp3) is 0.700. The Morgan fingerprint density at radius 1 is 1.30 bits per heavy atom. The van der Waals surface area contributed by atoms with Crippen molar-refractivity contribution in [2.45, 2.75) is 59.3 Å². The highest BCUT2D eigenvalue weighted by molar-refractivity contribution is 5.85. The molecule has 1 saturated carbocycles. The molecular formula is C20H28O3. The number of ether oxygens (including phenoxy) is 1. The molecule has 0 aromatic rings. The van der Waals surface area contributed by atoms with Crippen LogP contribution in [0, 0.1) is 22.7 Å². The molecule has 23 heavy (non-hydrogen) atoms. The minimum atomic E-state index is -0.224. The van der Waals surface area contributed by atoms with Crippen LogP contribution in [0.4, 0.5) is 0 Å². The highest BCUT2D eigenvalue weighted by atomic mass is 16.5. The van der Waals surface area contributed by atoms with Crippen LogP contribution < -0.4 is 0 Å². The normalized spacial score (nSPS) is 35.9. The first-order valence-corrected chi connectivity index (χ1v) is 8.88. The number of fused-ring (bicyclic) bond motifs is 1. The average molecular weight is 316 g/mol. The Hall–Kier alpha value is -1.38. The van der Waals surface area contributed by atoms with E-state index in [4.69, 9.17) is 4.74 Å². The predicted molar refractivity (Wildman–Crippen MR) is 89.8 cm³/mol. The van der Waals surface area contributed by atoms with Gasteiger partial charge in [-0.1, -0.05) is 33.3 Å². The zero-order valence-corrected chi connectivity index (χ0v) is 14.6. The van der Waals surface area contributed by atoms with Gasteiger partial charge in [0, 0.05) is 6.08 Å². The number of rotatable bonds is 4. The first-order chi connectivity index (χ1) is 10.9. The Kier molecular flexibility index (Phi) is 4.24. The summed E-state index contributed by atoms with van der Waals surface area (Å²) in [5.41, 5.74) is 2.58. The number of carbonyl (C=O) groups excluding carboxylic acids is 2. The zero-order chi connectivity index (χ0) is 16.7. The number of cyclic esters (lactones) is 1. The minimum absolute atomic E-state index is 0.191. The molecule has 0 aromatic carbocycles. The maximum atomic E-state index is 11.6. The van der Waals surface area contributed by atoms with E-state index >= 15 is 0 Å². The molecule has 0 radical (unpaired) electrons. The molecule has 0 unspecified atom stereocenters. The van der Waals surface area contributed by atoms with E-state index in [1.54, 1.807) is 6.08 Å². The van der Waals surface area contributed by atoms with E-state index in [2.05, 4.69) is 26.8 Å². The molecule has 1 fully saturated rings. The third-order valence-corrected chi connectivity index (χ3v) is 6.68. The molecule has 0 saturated heterocycles. The summed E-state index contributed by atoms with van der Waals surface area (Å²) in [6.07, 6.45) is 11.4. The third-order valence-electron chi connectivity index (χ3n) is 6.68. The summed E-state index contributed by atoms with van der Waals surface area (Å²) in [5.74, 6) is 0.709. The highest BCUT2D eigenvalue weighted by Crippen LogP contribution is 2.60. The molecule has 3 nitrogen and oxygen atoms in total. The number of hydrogen-bond acceptors (Lipinski definition) is 3. The number of hydrogen-bond donors (Lipinski definition) is 0. The summed E-state index contributed by atoms with van der Waals surface area (Å²) in [6, 6.07) is 0. The molecule has 0 aromatic heterocycles. The van der Waals surface area contributed by atoms with Crippen molar-refractivity contribution < 1.29 is 14.3 Å². The van der Waals surface area contributed by atoms with Gasteiger partial charge in [-0.2, -0.15) is 0 Å². The van der Waals surface area contributed by atoms with E-state index in [1.807, 2.05) is 0 Å². The lowest BCUT2D eigenvalue weighted by atomic mass is 9.48. The van der Waals surface area contributed by atoms with Crippen molar-refractivity contribution >= 4 is 12.3 Å². The van der Waals surface area contributed by atoms with Crippen molar-refractivity contribution in [1.82, 2.24) is 0 Å². The maximum Gasteiger partial charge on any atom is 0.331 e. The van der Waals surface area contributed by atoms with Gasteiger partial charge in [-0.05, 0) is 65.9 Å². The van der Waals surface area contributed by atoms with Crippen molar-refractivity contribution in [3.05, 3.63) is 23.3 Å². The highest BCUT2D eigenvalue weighted by Gasteiger charge is 2.52. The van der Waals surface area contributed by atoms with Crippen LogP contribution in [0.5, 0.6) is 0 Å². The van der Waals surface area contributed by atoms with Gasteiger partial charge in [0.25, 0.3) is 0 Å². The van der Waals surface area contributed by atoms with E-state index in [9.17, 15) is 9.59 Å². The number of carbonyl (C=O) groups is 2. The first-order valence-electron chi connectivity index (χ1n) is 8.88. The quantitative estimate of drug-likeness (QED) is 0.576. The van der Waals surface area contributed by atoms with E-state index in [1.165, 1.54) is 19.3 Å². The van der Waals surface area contributed by atoms with Crippen LogP contribution in [0.1, 0.15) is 59.3 Å². The summed E-state index contributed by atoms with van der Waals surface area (Å²) < 4.78 is 5.01. The molecule has 3 atom stereocenters. The molecule has 1 heterocycles. The van der Waals surface area contributed by atoms with Crippen molar-refractivity contribution in [2.24, 2.45) is 22.7 Å². The monoisotopic (exact) mass is 316 g/mol. The number of aldehydes is 1. The molecule has 0 spiro atoms. The molecule has 2 aliphatic carbocycles. The fourth-order valence-corrected chi connectivity index (χ4v) is 5.46. The zero-order valence-electron chi connectivity index (χ0n) is 14.6.